The van der Waals surface area contributed by atoms with E-state index in [2.05, 4.69) is 10.2 Å². The fraction of sp³-hybridized carbons (Fsp3) is 0.462. The van der Waals surface area contributed by atoms with E-state index in [-0.39, 0.29) is 6.10 Å². The summed E-state index contributed by atoms with van der Waals surface area (Å²) in [6.45, 7) is 7.34. The summed E-state index contributed by atoms with van der Waals surface area (Å²) < 4.78 is 4.88. The molecule has 1 aromatic carbocycles. The molecule has 0 unspecified atom stereocenters. The first-order chi connectivity index (χ1) is 7.92. The molecule has 0 aliphatic rings. The Balaban J connectivity index is 2.73. The summed E-state index contributed by atoms with van der Waals surface area (Å²) in [7, 11) is 0. The molecule has 1 amide bonds. The number of hydrogen-bond donors (Lipinski definition) is 0. The number of nitrogens with zero attached hydrogens (tertiary/aromatic N) is 2. The minimum Gasteiger partial charge on any atom is -0.444 e. The Morgan fingerprint density at radius 2 is 1.82 bits per heavy atom. The molecule has 0 heterocycles. The van der Waals surface area contributed by atoms with Gasteiger partial charge in [-0.1, -0.05) is 35.4 Å². The fourth-order valence-electron chi connectivity index (χ4n) is 1.29. The number of carbonyl (C=O) groups excluding carboxylic acids is 1. The third-order valence-electron chi connectivity index (χ3n) is 2.20. The van der Waals surface area contributed by atoms with E-state index in [1.54, 1.807) is 13.8 Å². The van der Waals surface area contributed by atoms with Crippen LogP contribution >= 0.6 is 0 Å². The zero-order valence-electron chi connectivity index (χ0n) is 10.7. The normalized spacial score (nSPS) is 12.1. The number of amides is 1. The minimum absolute atomic E-state index is 0.179. The second-order valence-electron chi connectivity index (χ2n) is 4.56. The molecule has 0 atom stereocenters. The highest BCUT2D eigenvalue weighted by Gasteiger charge is 2.20. The Labute approximate surface area is 102 Å². The molecule has 0 saturated carbocycles. The topological polar surface area (TPSA) is 51.0 Å². The van der Waals surface area contributed by atoms with Crippen LogP contribution in [0.3, 0.4) is 0 Å². The Kier molecular flexibility index (Phi) is 4.37. The van der Waals surface area contributed by atoms with Crippen molar-refractivity contribution in [3.05, 3.63) is 35.9 Å². The van der Waals surface area contributed by atoms with Crippen molar-refractivity contribution in [3.63, 3.8) is 0 Å². The summed E-state index contributed by atoms with van der Waals surface area (Å²) in [5, 5.41) is 7.61. The molecule has 0 aromatic heterocycles. The number of ether oxygens (including phenoxy) is 1. The van der Waals surface area contributed by atoms with Crippen LogP contribution in [0.25, 0.3) is 0 Å². The first-order valence-electron chi connectivity index (χ1n) is 5.61. The molecule has 4 nitrogen and oxygen atoms in total. The Morgan fingerprint density at radius 1 is 1.24 bits per heavy atom. The zero-order chi connectivity index (χ0) is 12.9. The van der Waals surface area contributed by atoms with Gasteiger partial charge in [0.2, 0.25) is 0 Å². The maximum absolute atomic E-state index is 11.2. The smallest absolute Gasteiger partial charge is 0.444 e. The molecule has 0 radical (unpaired) electrons. The van der Waals surface area contributed by atoms with Crippen LogP contribution in [-0.4, -0.2) is 12.2 Å². The summed E-state index contributed by atoms with van der Waals surface area (Å²) in [4.78, 5) is 11.2. The van der Waals surface area contributed by atoms with Gasteiger partial charge < -0.3 is 4.74 Å². The monoisotopic (exact) mass is 234 g/mol. The standard InChI is InChI=1S/C13H18N2O2/c1-10(2)17-12(16)14-15-13(3,4)11-8-6-5-7-9-11/h5-10H,1-4H3. The molecule has 0 aliphatic carbocycles. The van der Waals surface area contributed by atoms with Crippen molar-refractivity contribution < 1.29 is 9.53 Å². The molecule has 0 saturated heterocycles. The summed E-state index contributed by atoms with van der Waals surface area (Å²) in [6, 6.07) is 9.70. The molecule has 92 valence electrons. The van der Waals surface area contributed by atoms with Gasteiger partial charge in [0.1, 0.15) is 5.54 Å². The molecule has 0 fully saturated rings. The second kappa shape index (κ2) is 5.57. The van der Waals surface area contributed by atoms with Crippen molar-refractivity contribution in [1.29, 1.82) is 0 Å². The zero-order valence-corrected chi connectivity index (χ0v) is 10.7. The van der Waals surface area contributed by atoms with Gasteiger partial charge in [0.25, 0.3) is 0 Å². The number of carbonyl (C=O) groups is 1. The Hall–Kier alpha value is -1.71. The van der Waals surface area contributed by atoms with Crippen molar-refractivity contribution in [3.8, 4) is 0 Å². The minimum atomic E-state index is -0.649. The lowest BCUT2D eigenvalue weighted by Gasteiger charge is -2.18. The van der Waals surface area contributed by atoms with Crippen molar-refractivity contribution in [2.45, 2.75) is 39.3 Å². The molecule has 4 heteroatoms. The van der Waals surface area contributed by atoms with Crippen LogP contribution in [0.1, 0.15) is 33.3 Å². The highest BCUT2D eigenvalue weighted by Crippen LogP contribution is 2.24. The van der Waals surface area contributed by atoms with Gasteiger partial charge in [0.15, 0.2) is 0 Å². The van der Waals surface area contributed by atoms with Gasteiger partial charge in [-0.05, 0) is 33.3 Å². The SMILES string of the molecule is CC(C)OC(=O)N=NC(C)(C)c1ccccc1. The molecular formula is C13H18N2O2. The van der Waals surface area contributed by atoms with Crippen LogP contribution < -0.4 is 0 Å². The molecule has 0 aliphatic heterocycles. The van der Waals surface area contributed by atoms with Gasteiger partial charge in [-0.3, -0.25) is 0 Å². The van der Waals surface area contributed by atoms with E-state index in [1.165, 1.54) is 0 Å². The lowest BCUT2D eigenvalue weighted by molar-refractivity contribution is 0.123. The van der Waals surface area contributed by atoms with Crippen molar-refractivity contribution in [2.24, 2.45) is 10.2 Å². The summed E-state index contributed by atoms with van der Waals surface area (Å²) in [5.74, 6) is 0. The fourth-order valence-corrected chi connectivity index (χ4v) is 1.29. The van der Waals surface area contributed by atoms with Crippen molar-refractivity contribution in [1.82, 2.24) is 0 Å². The first-order valence-corrected chi connectivity index (χ1v) is 5.61. The third-order valence-corrected chi connectivity index (χ3v) is 2.20. The Bertz CT molecular complexity index is 397. The van der Waals surface area contributed by atoms with E-state index < -0.39 is 11.6 Å². The van der Waals surface area contributed by atoms with Gasteiger partial charge in [-0.15, -0.1) is 0 Å². The number of rotatable bonds is 3. The first kappa shape index (κ1) is 13.4. The van der Waals surface area contributed by atoms with E-state index in [9.17, 15) is 4.79 Å². The molecule has 1 aromatic rings. The van der Waals surface area contributed by atoms with E-state index in [0.29, 0.717) is 0 Å². The van der Waals surface area contributed by atoms with Crippen LogP contribution in [0.4, 0.5) is 4.79 Å². The molecular weight excluding hydrogens is 216 g/mol. The van der Waals surface area contributed by atoms with Gasteiger partial charge in [0.05, 0.1) is 6.10 Å². The molecule has 17 heavy (non-hydrogen) atoms. The number of hydrogen-bond acceptors (Lipinski definition) is 3. The maximum Gasteiger partial charge on any atom is 0.452 e. The lowest BCUT2D eigenvalue weighted by atomic mass is 9.96. The van der Waals surface area contributed by atoms with Crippen LogP contribution in [0.5, 0.6) is 0 Å². The van der Waals surface area contributed by atoms with Gasteiger partial charge in [-0.2, -0.15) is 5.11 Å². The largest absolute Gasteiger partial charge is 0.452 e. The van der Waals surface area contributed by atoms with E-state index in [1.807, 2.05) is 44.2 Å². The summed E-state index contributed by atoms with van der Waals surface area (Å²) in [5.41, 5.74) is 0.471. The molecule has 1 rings (SSSR count). The summed E-state index contributed by atoms with van der Waals surface area (Å²) in [6.07, 6.45) is -0.828. The van der Waals surface area contributed by atoms with Gasteiger partial charge in [-0.25, -0.2) is 4.79 Å². The molecule has 0 bridgehead atoms. The van der Waals surface area contributed by atoms with E-state index in [4.69, 9.17) is 4.74 Å². The highest BCUT2D eigenvalue weighted by molar-refractivity contribution is 5.67. The van der Waals surface area contributed by atoms with Crippen molar-refractivity contribution in [2.75, 3.05) is 0 Å². The van der Waals surface area contributed by atoms with E-state index >= 15 is 0 Å². The Morgan fingerprint density at radius 3 is 2.35 bits per heavy atom. The second-order valence-corrected chi connectivity index (χ2v) is 4.56. The average molecular weight is 234 g/mol. The average Bonchev–Trinajstić information content (AvgIpc) is 2.27. The quantitative estimate of drug-likeness (QED) is 0.744. The van der Waals surface area contributed by atoms with Crippen molar-refractivity contribution >= 4 is 6.09 Å². The van der Waals surface area contributed by atoms with Crippen LogP contribution in [-0.2, 0) is 10.3 Å². The van der Waals surface area contributed by atoms with Crippen LogP contribution in [0.15, 0.2) is 40.6 Å². The highest BCUT2D eigenvalue weighted by atomic mass is 16.6. The lowest BCUT2D eigenvalue weighted by Crippen LogP contribution is -2.14. The van der Waals surface area contributed by atoms with E-state index in [0.717, 1.165) is 5.56 Å². The number of azo groups is 1. The third kappa shape index (κ3) is 4.34. The molecule has 0 spiro atoms. The number of benzene rings is 1. The predicted octanol–water partition coefficient (Wildman–Crippen LogP) is 3.92. The maximum atomic E-state index is 11.2. The van der Waals surface area contributed by atoms with Gasteiger partial charge >= 0.3 is 6.09 Å². The molecule has 0 N–H and O–H groups in total. The van der Waals surface area contributed by atoms with Crippen LogP contribution in [0.2, 0.25) is 0 Å². The van der Waals surface area contributed by atoms with Crippen LogP contribution in [0, 0.1) is 0 Å². The predicted molar refractivity (Wildman–Crippen MR) is 65.9 cm³/mol. The summed E-state index contributed by atoms with van der Waals surface area (Å²) >= 11 is 0. The van der Waals surface area contributed by atoms with Gasteiger partial charge in [0, 0.05) is 0 Å².